The van der Waals surface area contributed by atoms with Gasteiger partial charge in [-0.3, -0.25) is 0 Å². The number of aromatic nitrogens is 1. The summed E-state index contributed by atoms with van der Waals surface area (Å²) < 4.78 is 23.8. The van der Waals surface area contributed by atoms with Crippen LogP contribution >= 0.6 is 11.6 Å². The Hall–Kier alpha value is -1.26. The van der Waals surface area contributed by atoms with Gasteiger partial charge in [-0.15, -0.1) is 0 Å². The first-order chi connectivity index (χ1) is 8.04. The maximum absolute atomic E-state index is 11.9. The molecule has 1 aromatic heterocycles. The van der Waals surface area contributed by atoms with E-state index in [0.29, 0.717) is 15.6 Å². The molecule has 0 amide bonds. The zero-order chi connectivity index (χ0) is 12.5. The molecule has 1 aromatic carbocycles. The van der Waals surface area contributed by atoms with Gasteiger partial charge < -0.3 is 4.98 Å². The number of nitrogens with one attached hydrogen (secondary N) is 1. The molecule has 0 aliphatic rings. The molecular weight excluding hydrogens is 258 g/mol. The van der Waals surface area contributed by atoms with Gasteiger partial charge >= 0.3 is 0 Å². The molecule has 0 saturated carbocycles. The largest absolute Gasteiger partial charge is 0.360 e. The van der Waals surface area contributed by atoms with Crippen LogP contribution in [-0.4, -0.2) is 19.2 Å². The lowest BCUT2D eigenvalue weighted by Crippen LogP contribution is -2.03. The van der Waals surface area contributed by atoms with E-state index in [9.17, 15) is 8.42 Å². The number of sulfone groups is 1. The molecule has 2 aromatic rings. The van der Waals surface area contributed by atoms with E-state index in [4.69, 9.17) is 11.6 Å². The van der Waals surface area contributed by atoms with E-state index in [1.165, 1.54) is 0 Å². The summed E-state index contributed by atoms with van der Waals surface area (Å²) >= 11 is 5.90. The maximum atomic E-state index is 11.9. The van der Waals surface area contributed by atoms with Gasteiger partial charge in [-0.05, 0) is 18.2 Å². The summed E-state index contributed by atoms with van der Waals surface area (Å²) in [5.41, 5.74) is 1.36. The summed E-state index contributed by atoms with van der Waals surface area (Å²) in [6, 6.07) is 8.69. The van der Waals surface area contributed by atoms with E-state index < -0.39 is 9.84 Å². The van der Waals surface area contributed by atoms with Gasteiger partial charge in [0.15, 0.2) is 9.84 Å². The van der Waals surface area contributed by atoms with Crippen molar-refractivity contribution in [2.24, 2.45) is 0 Å². The third-order valence-corrected chi connectivity index (χ3v) is 4.54. The molecule has 0 spiro atoms. The van der Waals surface area contributed by atoms with Crippen LogP contribution in [0, 0.1) is 0 Å². The first-order valence-corrected chi connectivity index (χ1v) is 7.23. The van der Waals surface area contributed by atoms with Gasteiger partial charge in [0.2, 0.25) is 0 Å². The van der Waals surface area contributed by atoms with Crippen molar-refractivity contribution in [3.05, 3.63) is 41.6 Å². The predicted molar refractivity (Wildman–Crippen MR) is 69.0 cm³/mol. The lowest BCUT2D eigenvalue weighted by molar-refractivity contribution is 0.597. The molecule has 1 heterocycles. The first kappa shape index (κ1) is 12.2. The minimum absolute atomic E-state index is 0.0818. The third-order valence-electron chi connectivity index (χ3n) is 2.54. The molecule has 0 aliphatic carbocycles. The lowest BCUT2D eigenvalue weighted by atomic mass is 10.2. The van der Waals surface area contributed by atoms with Crippen molar-refractivity contribution >= 4 is 21.4 Å². The zero-order valence-corrected chi connectivity index (χ0v) is 10.8. The fourth-order valence-corrected chi connectivity index (χ4v) is 2.90. The Labute approximate surface area is 105 Å². The Kier molecular flexibility index (Phi) is 3.26. The minimum atomic E-state index is -3.22. The summed E-state index contributed by atoms with van der Waals surface area (Å²) in [6.45, 7) is 1.63. The van der Waals surface area contributed by atoms with Crippen molar-refractivity contribution in [1.29, 1.82) is 0 Å². The minimum Gasteiger partial charge on any atom is -0.360 e. The van der Waals surface area contributed by atoms with Crippen molar-refractivity contribution in [3.8, 4) is 11.3 Å². The Morgan fingerprint density at radius 1 is 1.29 bits per heavy atom. The van der Waals surface area contributed by atoms with Gasteiger partial charge in [0.25, 0.3) is 0 Å². The van der Waals surface area contributed by atoms with Crippen molar-refractivity contribution in [3.63, 3.8) is 0 Å². The molecule has 17 heavy (non-hydrogen) atoms. The zero-order valence-electron chi connectivity index (χ0n) is 9.27. The van der Waals surface area contributed by atoms with Gasteiger partial charge in [0.05, 0.1) is 16.3 Å². The number of rotatable bonds is 3. The monoisotopic (exact) mass is 269 g/mol. The Morgan fingerprint density at radius 3 is 2.71 bits per heavy atom. The highest BCUT2D eigenvalue weighted by Gasteiger charge is 2.18. The standard InChI is InChI=1S/C12H12ClNO2S/c1-2-17(15,16)11-6-7-14-12(11)9-4-3-5-10(13)8-9/h3-8,14H,2H2,1H3. The lowest BCUT2D eigenvalue weighted by Gasteiger charge is -2.04. The molecule has 0 radical (unpaired) electrons. The highest BCUT2D eigenvalue weighted by atomic mass is 35.5. The number of hydrogen-bond donors (Lipinski definition) is 1. The first-order valence-electron chi connectivity index (χ1n) is 5.20. The van der Waals surface area contributed by atoms with E-state index in [0.717, 1.165) is 5.56 Å². The molecule has 2 rings (SSSR count). The van der Waals surface area contributed by atoms with Crippen LogP contribution in [0.3, 0.4) is 0 Å². The van der Waals surface area contributed by atoms with E-state index >= 15 is 0 Å². The van der Waals surface area contributed by atoms with Crippen LogP contribution in [0.2, 0.25) is 5.02 Å². The van der Waals surface area contributed by atoms with E-state index in [1.54, 1.807) is 37.4 Å². The summed E-state index contributed by atoms with van der Waals surface area (Å²) in [5.74, 6) is 0.0818. The molecule has 3 nitrogen and oxygen atoms in total. The molecule has 1 N–H and O–H groups in total. The normalized spacial score (nSPS) is 11.6. The van der Waals surface area contributed by atoms with Gasteiger partial charge in [-0.2, -0.15) is 0 Å². The molecule has 0 aliphatic heterocycles. The second kappa shape index (κ2) is 4.55. The maximum Gasteiger partial charge on any atom is 0.180 e. The second-order valence-corrected chi connectivity index (χ2v) is 6.31. The Morgan fingerprint density at radius 2 is 2.06 bits per heavy atom. The van der Waals surface area contributed by atoms with Gasteiger partial charge in [0.1, 0.15) is 0 Å². The second-order valence-electron chi connectivity index (χ2n) is 3.63. The van der Waals surface area contributed by atoms with Crippen molar-refractivity contribution in [1.82, 2.24) is 4.98 Å². The van der Waals surface area contributed by atoms with Crippen LogP contribution in [0.4, 0.5) is 0 Å². The quantitative estimate of drug-likeness (QED) is 0.931. The number of H-pyrrole nitrogens is 1. The average Bonchev–Trinajstić information content (AvgIpc) is 2.78. The highest BCUT2D eigenvalue weighted by Crippen LogP contribution is 2.28. The molecule has 90 valence electrons. The number of halogens is 1. The molecule has 5 heteroatoms. The van der Waals surface area contributed by atoms with Gasteiger partial charge in [0, 0.05) is 16.8 Å². The van der Waals surface area contributed by atoms with Crippen LogP contribution in [0.1, 0.15) is 6.92 Å². The van der Waals surface area contributed by atoms with E-state index in [-0.39, 0.29) is 5.75 Å². The molecule has 0 bridgehead atoms. The predicted octanol–water partition coefficient (Wildman–Crippen LogP) is 3.13. The molecule has 0 saturated heterocycles. The molecule has 0 unspecified atom stereocenters. The Bertz CT molecular complexity index is 631. The smallest absolute Gasteiger partial charge is 0.180 e. The van der Waals surface area contributed by atoms with Crippen LogP contribution in [0.15, 0.2) is 41.4 Å². The van der Waals surface area contributed by atoms with Crippen LogP contribution < -0.4 is 0 Å². The van der Waals surface area contributed by atoms with E-state index in [1.807, 2.05) is 6.07 Å². The number of benzene rings is 1. The average molecular weight is 270 g/mol. The van der Waals surface area contributed by atoms with Crippen LogP contribution in [-0.2, 0) is 9.84 Å². The van der Waals surface area contributed by atoms with Crippen molar-refractivity contribution in [2.75, 3.05) is 5.75 Å². The summed E-state index contributed by atoms with van der Waals surface area (Å²) in [4.78, 5) is 3.27. The van der Waals surface area contributed by atoms with E-state index in [2.05, 4.69) is 4.98 Å². The molecular formula is C12H12ClNO2S. The fraction of sp³-hybridized carbons (Fsp3) is 0.167. The number of aromatic amines is 1. The Balaban J connectivity index is 2.59. The summed E-state index contributed by atoms with van der Waals surface area (Å²) in [7, 11) is -3.22. The number of hydrogen-bond acceptors (Lipinski definition) is 2. The van der Waals surface area contributed by atoms with Crippen LogP contribution in [0.5, 0.6) is 0 Å². The van der Waals surface area contributed by atoms with Gasteiger partial charge in [-0.25, -0.2) is 8.42 Å². The fourth-order valence-electron chi connectivity index (χ4n) is 1.64. The van der Waals surface area contributed by atoms with Crippen molar-refractivity contribution < 1.29 is 8.42 Å². The SMILES string of the molecule is CCS(=O)(=O)c1cc[nH]c1-c1cccc(Cl)c1. The molecule has 0 atom stereocenters. The third kappa shape index (κ3) is 2.37. The highest BCUT2D eigenvalue weighted by molar-refractivity contribution is 7.91. The van der Waals surface area contributed by atoms with Crippen molar-refractivity contribution in [2.45, 2.75) is 11.8 Å². The molecule has 0 fully saturated rings. The topological polar surface area (TPSA) is 49.9 Å². The van der Waals surface area contributed by atoms with Crippen LogP contribution in [0.25, 0.3) is 11.3 Å². The summed E-state index contributed by atoms with van der Waals surface area (Å²) in [5, 5.41) is 0.581. The summed E-state index contributed by atoms with van der Waals surface area (Å²) in [6.07, 6.45) is 1.62. The van der Waals surface area contributed by atoms with Gasteiger partial charge in [-0.1, -0.05) is 30.7 Å².